The molecule has 0 saturated carbocycles. The van der Waals surface area contributed by atoms with E-state index in [0.717, 1.165) is 10.0 Å². The summed E-state index contributed by atoms with van der Waals surface area (Å²) in [6, 6.07) is 6.31. The van der Waals surface area contributed by atoms with E-state index in [1.807, 2.05) is 12.3 Å². The van der Waals surface area contributed by atoms with Gasteiger partial charge in [-0.05, 0) is 37.3 Å². The van der Waals surface area contributed by atoms with Gasteiger partial charge < -0.3 is 11.1 Å². The van der Waals surface area contributed by atoms with Crippen LogP contribution in [0.15, 0.2) is 27.8 Å². The SMILES string of the molecule is CSc1nc(N)nc(NC(C)c2ccc(Br)c(C)c2)n1. The number of benzene rings is 1. The van der Waals surface area contributed by atoms with Crippen molar-refractivity contribution in [3.05, 3.63) is 33.8 Å². The zero-order valence-corrected chi connectivity index (χ0v) is 13.9. The van der Waals surface area contributed by atoms with Crippen LogP contribution in [0, 0.1) is 6.92 Å². The zero-order valence-electron chi connectivity index (χ0n) is 11.5. The number of nitrogens with one attached hydrogen (secondary N) is 1. The first-order valence-electron chi connectivity index (χ1n) is 6.07. The second-order valence-corrected chi connectivity index (χ2v) is 6.01. The number of nitrogen functional groups attached to an aromatic ring is 1. The molecule has 1 heterocycles. The molecule has 2 aromatic rings. The summed E-state index contributed by atoms with van der Waals surface area (Å²) in [5.41, 5.74) is 8.02. The van der Waals surface area contributed by atoms with Crippen molar-refractivity contribution in [1.82, 2.24) is 15.0 Å². The molecule has 0 aliphatic heterocycles. The van der Waals surface area contributed by atoms with Crippen LogP contribution in [0.5, 0.6) is 0 Å². The number of nitrogens with two attached hydrogens (primary N) is 1. The van der Waals surface area contributed by atoms with E-state index in [1.165, 1.54) is 17.3 Å². The first-order chi connectivity index (χ1) is 9.49. The smallest absolute Gasteiger partial charge is 0.228 e. The summed E-state index contributed by atoms with van der Waals surface area (Å²) in [5.74, 6) is 0.723. The number of nitrogens with zero attached hydrogens (tertiary/aromatic N) is 3. The number of anilines is 2. The van der Waals surface area contributed by atoms with Crippen LogP contribution in [-0.2, 0) is 0 Å². The highest BCUT2D eigenvalue weighted by Gasteiger charge is 2.10. The average Bonchev–Trinajstić information content (AvgIpc) is 2.41. The lowest BCUT2D eigenvalue weighted by atomic mass is 10.1. The molecule has 3 N–H and O–H groups in total. The molecule has 20 heavy (non-hydrogen) atoms. The molecule has 1 aromatic heterocycles. The molecule has 1 aromatic carbocycles. The van der Waals surface area contributed by atoms with Crippen LogP contribution >= 0.6 is 27.7 Å². The second kappa shape index (κ2) is 6.41. The summed E-state index contributed by atoms with van der Waals surface area (Å²) < 4.78 is 1.10. The molecule has 0 aliphatic rings. The van der Waals surface area contributed by atoms with Crippen LogP contribution in [0.4, 0.5) is 11.9 Å². The van der Waals surface area contributed by atoms with Crippen LogP contribution in [0.3, 0.4) is 0 Å². The van der Waals surface area contributed by atoms with E-state index in [2.05, 4.69) is 62.2 Å². The minimum atomic E-state index is 0.0818. The third-order valence-corrected chi connectivity index (χ3v) is 4.28. The minimum absolute atomic E-state index is 0.0818. The topological polar surface area (TPSA) is 76.7 Å². The van der Waals surface area contributed by atoms with E-state index < -0.39 is 0 Å². The summed E-state index contributed by atoms with van der Waals surface area (Å²) in [6.07, 6.45) is 1.90. The Morgan fingerprint density at radius 1 is 1.30 bits per heavy atom. The fourth-order valence-electron chi connectivity index (χ4n) is 1.74. The molecule has 5 nitrogen and oxygen atoms in total. The van der Waals surface area contributed by atoms with E-state index in [4.69, 9.17) is 5.73 Å². The Kier molecular flexibility index (Phi) is 4.82. The summed E-state index contributed by atoms with van der Waals surface area (Å²) in [5, 5.41) is 3.86. The molecular weight excluding hydrogens is 338 g/mol. The Morgan fingerprint density at radius 2 is 2.05 bits per heavy atom. The Bertz CT molecular complexity index is 620. The van der Waals surface area contributed by atoms with E-state index in [-0.39, 0.29) is 12.0 Å². The molecule has 0 aliphatic carbocycles. The summed E-state index contributed by atoms with van der Waals surface area (Å²) in [6.45, 7) is 4.12. The number of hydrogen-bond acceptors (Lipinski definition) is 6. The number of rotatable bonds is 4. The van der Waals surface area contributed by atoms with E-state index in [1.54, 1.807) is 0 Å². The Balaban J connectivity index is 2.20. The largest absolute Gasteiger partial charge is 0.368 e. The number of hydrogen-bond donors (Lipinski definition) is 2. The average molecular weight is 354 g/mol. The van der Waals surface area contributed by atoms with Gasteiger partial charge in [-0.2, -0.15) is 15.0 Å². The van der Waals surface area contributed by atoms with E-state index in [9.17, 15) is 0 Å². The third kappa shape index (κ3) is 3.61. The van der Waals surface area contributed by atoms with Gasteiger partial charge in [-0.25, -0.2) is 0 Å². The number of halogens is 1. The second-order valence-electron chi connectivity index (χ2n) is 4.38. The lowest BCUT2D eigenvalue weighted by molar-refractivity contribution is 0.830. The Morgan fingerprint density at radius 3 is 2.70 bits per heavy atom. The van der Waals surface area contributed by atoms with Crippen molar-refractivity contribution >= 4 is 39.6 Å². The first kappa shape index (κ1) is 15.1. The predicted octanol–water partition coefficient (Wildman–Crippen LogP) is 3.42. The third-order valence-electron chi connectivity index (χ3n) is 2.84. The molecular formula is C13H16BrN5S. The van der Waals surface area contributed by atoms with Crippen LogP contribution in [-0.4, -0.2) is 21.2 Å². The zero-order chi connectivity index (χ0) is 14.7. The quantitative estimate of drug-likeness (QED) is 0.820. The van der Waals surface area contributed by atoms with Gasteiger partial charge in [-0.15, -0.1) is 0 Å². The molecule has 0 fully saturated rings. The van der Waals surface area contributed by atoms with Crippen LogP contribution < -0.4 is 11.1 Å². The molecule has 0 radical (unpaired) electrons. The van der Waals surface area contributed by atoms with Gasteiger partial charge in [0.05, 0.1) is 6.04 Å². The van der Waals surface area contributed by atoms with Gasteiger partial charge in [0, 0.05) is 4.47 Å². The monoisotopic (exact) mass is 353 g/mol. The maximum atomic E-state index is 5.67. The molecule has 0 bridgehead atoms. The fraction of sp³-hybridized carbons (Fsp3) is 0.308. The standard InChI is InChI=1S/C13H16BrN5S/c1-7-6-9(4-5-10(7)14)8(2)16-12-17-11(15)18-13(19-12)20-3/h4-6,8H,1-3H3,(H3,15,16,17,18,19). The van der Waals surface area contributed by atoms with Crippen molar-refractivity contribution in [2.75, 3.05) is 17.3 Å². The van der Waals surface area contributed by atoms with Gasteiger partial charge >= 0.3 is 0 Å². The molecule has 2 rings (SSSR count). The highest BCUT2D eigenvalue weighted by atomic mass is 79.9. The van der Waals surface area contributed by atoms with Gasteiger partial charge in [-0.1, -0.05) is 39.8 Å². The predicted molar refractivity (Wildman–Crippen MR) is 86.9 cm³/mol. The van der Waals surface area contributed by atoms with Crippen molar-refractivity contribution in [3.63, 3.8) is 0 Å². The number of thioether (sulfide) groups is 1. The first-order valence-corrected chi connectivity index (χ1v) is 8.09. The summed E-state index contributed by atoms with van der Waals surface area (Å²) >= 11 is 4.94. The summed E-state index contributed by atoms with van der Waals surface area (Å²) in [7, 11) is 0. The number of aromatic nitrogens is 3. The van der Waals surface area contributed by atoms with Crippen molar-refractivity contribution in [2.24, 2.45) is 0 Å². The molecule has 0 amide bonds. The highest BCUT2D eigenvalue weighted by molar-refractivity contribution is 9.10. The molecule has 0 saturated heterocycles. The van der Waals surface area contributed by atoms with Crippen molar-refractivity contribution < 1.29 is 0 Å². The van der Waals surface area contributed by atoms with Gasteiger partial charge in [0.1, 0.15) is 0 Å². The molecule has 7 heteroatoms. The van der Waals surface area contributed by atoms with Crippen LogP contribution in [0.1, 0.15) is 24.1 Å². The van der Waals surface area contributed by atoms with E-state index >= 15 is 0 Å². The number of aryl methyl sites for hydroxylation is 1. The molecule has 0 spiro atoms. The van der Waals surface area contributed by atoms with Gasteiger partial charge in [0.25, 0.3) is 0 Å². The van der Waals surface area contributed by atoms with Crippen molar-refractivity contribution in [2.45, 2.75) is 25.0 Å². The van der Waals surface area contributed by atoms with Gasteiger partial charge in [-0.3, -0.25) is 0 Å². The lowest BCUT2D eigenvalue weighted by Gasteiger charge is -2.15. The fourth-order valence-corrected chi connectivity index (χ4v) is 2.35. The summed E-state index contributed by atoms with van der Waals surface area (Å²) in [4.78, 5) is 12.4. The molecule has 106 valence electrons. The normalized spacial score (nSPS) is 12.2. The minimum Gasteiger partial charge on any atom is -0.368 e. The van der Waals surface area contributed by atoms with Gasteiger partial charge in [0.2, 0.25) is 11.9 Å². The Labute approximate surface area is 130 Å². The van der Waals surface area contributed by atoms with Gasteiger partial charge in [0.15, 0.2) is 5.16 Å². The van der Waals surface area contributed by atoms with E-state index in [0.29, 0.717) is 11.1 Å². The van der Waals surface area contributed by atoms with Crippen molar-refractivity contribution in [3.8, 4) is 0 Å². The maximum Gasteiger partial charge on any atom is 0.228 e. The van der Waals surface area contributed by atoms with Crippen molar-refractivity contribution in [1.29, 1.82) is 0 Å². The Hall–Kier alpha value is -1.34. The lowest BCUT2D eigenvalue weighted by Crippen LogP contribution is -2.12. The molecule has 1 atom stereocenters. The van der Waals surface area contributed by atoms with Crippen LogP contribution in [0.25, 0.3) is 0 Å². The highest BCUT2D eigenvalue weighted by Crippen LogP contribution is 2.23. The maximum absolute atomic E-state index is 5.67. The van der Waals surface area contributed by atoms with Crippen LogP contribution in [0.2, 0.25) is 0 Å². The molecule has 1 unspecified atom stereocenters.